The molecule has 0 aliphatic rings. The minimum absolute atomic E-state index is 0.441. The second kappa shape index (κ2) is 6.08. The van der Waals surface area contributed by atoms with Crippen LogP contribution in [-0.2, 0) is 0 Å². The molecule has 2 rings (SSSR count). The van der Waals surface area contributed by atoms with Crippen LogP contribution in [0.1, 0.15) is 24.2 Å². The number of benzene rings is 1. The number of halogens is 3. The molecule has 0 bridgehead atoms. The Hall–Kier alpha value is -1.52. The molecule has 1 unspecified atom stereocenters. The largest absolute Gasteiger partial charge is 0.305 e. The van der Waals surface area contributed by atoms with E-state index in [0.717, 1.165) is 6.07 Å². The Bertz CT molecular complexity index is 555. The monoisotopic (exact) mass is 282 g/mol. The third-order valence-corrected chi connectivity index (χ3v) is 3.01. The normalized spacial score (nSPS) is 12.4. The molecule has 0 aliphatic carbocycles. The summed E-state index contributed by atoms with van der Waals surface area (Å²) < 4.78 is 26.6. The van der Waals surface area contributed by atoms with Crippen LogP contribution in [0.5, 0.6) is 0 Å². The van der Waals surface area contributed by atoms with Gasteiger partial charge in [-0.3, -0.25) is 4.98 Å². The highest BCUT2D eigenvalue weighted by molar-refractivity contribution is 6.31. The fraction of sp³-hybridized carbons (Fsp3) is 0.214. The average molecular weight is 283 g/mol. The molecule has 1 aromatic heterocycles. The van der Waals surface area contributed by atoms with E-state index in [-0.39, 0.29) is 0 Å². The molecule has 2 aromatic rings. The van der Waals surface area contributed by atoms with Gasteiger partial charge in [0.2, 0.25) is 0 Å². The summed E-state index contributed by atoms with van der Waals surface area (Å²) in [7, 11) is 0. The van der Waals surface area contributed by atoms with E-state index in [1.807, 2.05) is 6.92 Å². The van der Waals surface area contributed by atoms with Crippen LogP contribution in [0.2, 0.25) is 5.02 Å². The molecule has 19 heavy (non-hydrogen) atoms. The molecule has 0 saturated heterocycles. The Kier molecular flexibility index (Phi) is 4.45. The summed E-state index contributed by atoms with van der Waals surface area (Å²) in [6.45, 7) is 2.52. The molecule has 1 heterocycles. The number of nitrogens with one attached hydrogen (secondary N) is 1. The van der Waals surface area contributed by atoms with Crippen LogP contribution >= 0.6 is 11.6 Å². The first-order valence-electron chi connectivity index (χ1n) is 5.91. The third-order valence-electron chi connectivity index (χ3n) is 2.69. The summed E-state index contributed by atoms with van der Waals surface area (Å²) in [5.74, 6) is -1.24. The predicted octanol–water partition coefficient (Wildman–Crippen LogP) is 3.71. The van der Waals surface area contributed by atoms with Crippen molar-refractivity contribution < 1.29 is 8.78 Å². The van der Waals surface area contributed by atoms with Gasteiger partial charge in [-0.25, -0.2) is 8.78 Å². The first kappa shape index (κ1) is 13.9. The average Bonchev–Trinajstić information content (AvgIpc) is 2.36. The standard InChI is InChI=1S/C14H13ClF2N2/c1-2-18-13(14-12(15)4-3-5-19-14)9-6-10(16)8-11(17)7-9/h3-8,13,18H,2H2,1H3. The molecule has 0 amide bonds. The van der Waals surface area contributed by atoms with E-state index in [9.17, 15) is 8.78 Å². The zero-order chi connectivity index (χ0) is 13.8. The van der Waals surface area contributed by atoms with Gasteiger partial charge in [0.25, 0.3) is 0 Å². The first-order valence-corrected chi connectivity index (χ1v) is 6.29. The maximum Gasteiger partial charge on any atom is 0.126 e. The Morgan fingerprint density at radius 3 is 2.53 bits per heavy atom. The van der Waals surface area contributed by atoms with Crippen LogP contribution < -0.4 is 5.32 Å². The molecular formula is C14H13ClF2N2. The van der Waals surface area contributed by atoms with Gasteiger partial charge in [-0.05, 0) is 36.4 Å². The highest BCUT2D eigenvalue weighted by Crippen LogP contribution is 2.27. The van der Waals surface area contributed by atoms with E-state index in [2.05, 4.69) is 10.3 Å². The van der Waals surface area contributed by atoms with E-state index in [4.69, 9.17) is 11.6 Å². The van der Waals surface area contributed by atoms with Gasteiger partial charge >= 0.3 is 0 Å². The number of pyridine rings is 1. The van der Waals surface area contributed by atoms with Crippen LogP contribution in [0, 0.1) is 11.6 Å². The fourth-order valence-electron chi connectivity index (χ4n) is 1.93. The van der Waals surface area contributed by atoms with Crippen molar-refractivity contribution in [2.45, 2.75) is 13.0 Å². The topological polar surface area (TPSA) is 24.9 Å². The zero-order valence-electron chi connectivity index (χ0n) is 10.3. The SMILES string of the molecule is CCNC(c1cc(F)cc(F)c1)c1ncccc1Cl. The smallest absolute Gasteiger partial charge is 0.126 e. The lowest BCUT2D eigenvalue weighted by Gasteiger charge is -2.19. The lowest BCUT2D eigenvalue weighted by atomic mass is 10.0. The van der Waals surface area contributed by atoms with Gasteiger partial charge in [-0.1, -0.05) is 18.5 Å². The number of nitrogens with zero attached hydrogens (tertiary/aromatic N) is 1. The third kappa shape index (κ3) is 3.28. The Balaban J connectivity index is 2.48. The van der Waals surface area contributed by atoms with Crippen molar-refractivity contribution in [2.75, 3.05) is 6.54 Å². The molecule has 2 nitrogen and oxygen atoms in total. The predicted molar refractivity (Wildman–Crippen MR) is 71.1 cm³/mol. The van der Waals surface area contributed by atoms with Crippen molar-refractivity contribution in [2.24, 2.45) is 0 Å². The molecule has 100 valence electrons. The van der Waals surface area contributed by atoms with Crippen LogP contribution in [0.3, 0.4) is 0 Å². The van der Waals surface area contributed by atoms with E-state index >= 15 is 0 Å². The minimum atomic E-state index is -0.620. The second-order valence-corrected chi connectivity index (χ2v) is 4.47. The van der Waals surface area contributed by atoms with E-state index in [0.29, 0.717) is 22.8 Å². The summed E-state index contributed by atoms with van der Waals surface area (Å²) in [6.07, 6.45) is 1.60. The van der Waals surface area contributed by atoms with Gasteiger partial charge in [-0.2, -0.15) is 0 Å². The maximum absolute atomic E-state index is 13.3. The van der Waals surface area contributed by atoms with Gasteiger partial charge in [0.1, 0.15) is 11.6 Å². The molecular weight excluding hydrogens is 270 g/mol. The molecule has 0 fully saturated rings. The Labute approximate surface area is 115 Å². The summed E-state index contributed by atoms with van der Waals surface area (Å²) in [4.78, 5) is 4.19. The molecule has 0 aliphatic heterocycles. The number of hydrogen-bond donors (Lipinski definition) is 1. The lowest BCUT2D eigenvalue weighted by molar-refractivity contribution is 0.562. The molecule has 5 heteroatoms. The van der Waals surface area contributed by atoms with Crippen LogP contribution in [-0.4, -0.2) is 11.5 Å². The molecule has 0 radical (unpaired) electrons. The first-order chi connectivity index (χ1) is 9.11. The van der Waals surface area contributed by atoms with Crippen molar-refractivity contribution in [3.63, 3.8) is 0 Å². The van der Waals surface area contributed by atoms with Gasteiger partial charge < -0.3 is 5.32 Å². The minimum Gasteiger partial charge on any atom is -0.305 e. The second-order valence-electron chi connectivity index (χ2n) is 4.06. The Morgan fingerprint density at radius 2 is 1.95 bits per heavy atom. The summed E-state index contributed by atoms with van der Waals surface area (Å²) >= 11 is 6.09. The maximum atomic E-state index is 13.3. The van der Waals surface area contributed by atoms with Crippen LogP contribution in [0.25, 0.3) is 0 Å². The number of hydrogen-bond acceptors (Lipinski definition) is 2. The van der Waals surface area contributed by atoms with Gasteiger partial charge in [0.15, 0.2) is 0 Å². The highest BCUT2D eigenvalue weighted by atomic mass is 35.5. The molecule has 0 saturated carbocycles. The van der Waals surface area contributed by atoms with Crippen LogP contribution in [0.15, 0.2) is 36.5 Å². The summed E-state index contributed by atoms with van der Waals surface area (Å²) in [6, 6.07) is 6.36. The lowest BCUT2D eigenvalue weighted by Crippen LogP contribution is -2.23. The van der Waals surface area contributed by atoms with Crippen molar-refractivity contribution in [1.29, 1.82) is 0 Å². The van der Waals surface area contributed by atoms with Crippen molar-refractivity contribution in [1.82, 2.24) is 10.3 Å². The van der Waals surface area contributed by atoms with Gasteiger partial charge in [0.05, 0.1) is 16.8 Å². The molecule has 1 atom stereocenters. The van der Waals surface area contributed by atoms with Gasteiger partial charge in [0, 0.05) is 12.3 Å². The highest BCUT2D eigenvalue weighted by Gasteiger charge is 2.18. The summed E-state index contributed by atoms with van der Waals surface area (Å²) in [5.41, 5.74) is 1.01. The van der Waals surface area contributed by atoms with Crippen molar-refractivity contribution >= 4 is 11.6 Å². The van der Waals surface area contributed by atoms with Crippen LogP contribution in [0.4, 0.5) is 8.78 Å². The molecule has 0 spiro atoms. The van der Waals surface area contributed by atoms with Gasteiger partial charge in [-0.15, -0.1) is 0 Å². The molecule has 1 aromatic carbocycles. The quantitative estimate of drug-likeness (QED) is 0.925. The summed E-state index contributed by atoms with van der Waals surface area (Å²) in [5, 5.41) is 3.59. The fourth-order valence-corrected chi connectivity index (χ4v) is 2.16. The Morgan fingerprint density at radius 1 is 1.26 bits per heavy atom. The van der Waals surface area contributed by atoms with E-state index in [1.165, 1.54) is 12.1 Å². The zero-order valence-corrected chi connectivity index (χ0v) is 11.1. The van der Waals surface area contributed by atoms with E-state index in [1.54, 1.807) is 18.3 Å². The van der Waals surface area contributed by atoms with Crippen molar-refractivity contribution in [3.8, 4) is 0 Å². The van der Waals surface area contributed by atoms with E-state index < -0.39 is 17.7 Å². The number of aromatic nitrogens is 1. The number of rotatable bonds is 4. The molecule has 1 N–H and O–H groups in total. The van der Waals surface area contributed by atoms with Crippen molar-refractivity contribution in [3.05, 3.63) is 64.4 Å².